The van der Waals surface area contributed by atoms with Crippen molar-refractivity contribution in [2.24, 2.45) is 0 Å². The van der Waals surface area contributed by atoms with Crippen molar-refractivity contribution in [3.8, 4) is 11.1 Å². The molecule has 7 nitrogen and oxygen atoms in total. The van der Waals surface area contributed by atoms with Crippen molar-refractivity contribution >= 4 is 49.4 Å². The van der Waals surface area contributed by atoms with Crippen LogP contribution in [0.2, 0.25) is 0 Å². The van der Waals surface area contributed by atoms with Gasteiger partial charge in [-0.1, -0.05) is 23.5 Å². The zero-order chi connectivity index (χ0) is 23.8. The van der Waals surface area contributed by atoms with Crippen LogP contribution in [0.1, 0.15) is 32.6 Å². The molecule has 4 heterocycles. The summed E-state index contributed by atoms with van der Waals surface area (Å²) in [4.78, 5) is 14.1. The predicted octanol–water partition coefficient (Wildman–Crippen LogP) is 6.19. The smallest absolute Gasteiger partial charge is 0.189 e. The molecule has 178 valence electrons. The maximum absolute atomic E-state index is 9.73. The van der Waals surface area contributed by atoms with Crippen LogP contribution in [0.25, 0.3) is 32.4 Å². The number of aliphatic hydroxyl groups excluding tert-OH is 1. The normalized spacial score (nSPS) is 18.2. The van der Waals surface area contributed by atoms with Crippen LogP contribution in [0.5, 0.6) is 0 Å². The van der Waals surface area contributed by atoms with Gasteiger partial charge in [0, 0.05) is 30.5 Å². The fourth-order valence-corrected chi connectivity index (χ4v) is 5.69. The number of nitrogens with zero attached hydrogens (tertiary/aromatic N) is 4. The van der Waals surface area contributed by atoms with Gasteiger partial charge in [0.2, 0.25) is 0 Å². The summed E-state index contributed by atoms with van der Waals surface area (Å²) in [6, 6.07) is 16.9. The molecule has 0 spiro atoms. The highest BCUT2D eigenvalue weighted by Crippen LogP contribution is 2.33. The Morgan fingerprint density at radius 3 is 2.69 bits per heavy atom. The molecule has 0 amide bonds. The van der Waals surface area contributed by atoms with Crippen LogP contribution in [0.3, 0.4) is 0 Å². The molecule has 0 bridgehead atoms. The Kier molecular flexibility index (Phi) is 5.83. The Hall–Kier alpha value is -3.49. The number of aromatic nitrogens is 4. The lowest BCUT2D eigenvalue weighted by Crippen LogP contribution is -2.28. The average molecular weight is 485 g/mol. The number of fused-ring (bicyclic) bond motifs is 2. The van der Waals surface area contributed by atoms with Gasteiger partial charge in [-0.05, 0) is 74.6 Å². The highest BCUT2D eigenvalue weighted by Gasteiger charge is 2.19. The molecule has 1 aliphatic carbocycles. The van der Waals surface area contributed by atoms with Crippen LogP contribution in [-0.4, -0.2) is 36.8 Å². The molecule has 3 N–H and O–H groups in total. The molecule has 0 unspecified atom stereocenters. The van der Waals surface area contributed by atoms with Crippen LogP contribution < -0.4 is 10.6 Å². The summed E-state index contributed by atoms with van der Waals surface area (Å²) >= 11 is 1.62. The van der Waals surface area contributed by atoms with Gasteiger partial charge in [-0.15, -0.1) is 0 Å². The molecular formula is C27H28N6OS. The van der Waals surface area contributed by atoms with Crippen molar-refractivity contribution in [3.63, 3.8) is 0 Å². The standard InChI is InChI=1S/C27H28N6OS/c1-2-33-13-12-21-23(33)14-18(16-28-21)17-6-11-22-24(15-17)35-27(30-22)32-26-5-3-4-25(31-26)29-19-7-9-20(34)10-8-19/h3-6,11-16,19-20,34H,2,7-10H2,1H3,(H2,29,30,31,32). The molecule has 8 heteroatoms. The maximum atomic E-state index is 9.73. The number of benzene rings is 1. The van der Waals surface area contributed by atoms with Crippen molar-refractivity contribution in [2.75, 3.05) is 10.6 Å². The van der Waals surface area contributed by atoms with E-state index in [0.717, 1.165) is 81.4 Å². The van der Waals surface area contributed by atoms with Gasteiger partial charge in [0.15, 0.2) is 5.13 Å². The van der Waals surface area contributed by atoms with Gasteiger partial charge in [0.25, 0.3) is 0 Å². The number of nitrogens with one attached hydrogen (secondary N) is 2. The van der Waals surface area contributed by atoms with Gasteiger partial charge in [0.05, 0.1) is 27.4 Å². The second-order valence-electron chi connectivity index (χ2n) is 9.11. The van der Waals surface area contributed by atoms with E-state index < -0.39 is 0 Å². The van der Waals surface area contributed by atoms with E-state index in [1.165, 1.54) is 0 Å². The first-order valence-corrected chi connectivity index (χ1v) is 13.0. The van der Waals surface area contributed by atoms with Crippen LogP contribution in [0, 0.1) is 0 Å². The largest absolute Gasteiger partial charge is 0.393 e. The van der Waals surface area contributed by atoms with Crippen LogP contribution >= 0.6 is 11.3 Å². The summed E-state index contributed by atoms with van der Waals surface area (Å²) in [5, 5.41) is 17.4. The zero-order valence-corrected chi connectivity index (χ0v) is 20.4. The van der Waals surface area contributed by atoms with Gasteiger partial charge in [0.1, 0.15) is 11.6 Å². The Balaban J connectivity index is 1.21. The summed E-state index contributed by atoms with van der Waals surface area (Å²) in [7, 11) is 0. The quantitative estimate of drug-likeness (QED) is 0.266. The van der Waals surface area contributed by atoms with E-state index in [9.17, 15) is 5.11 Å². The van der Waals surface area contributed by atoms with Gasteiger partial charge >= 0.3 is 0 Å². The molecule has 0 atom stereocenters. The zero-order valence-electron chi connectivity index (χ0n) is 19.6. The fraction of sp³-hybridized carbons (Fsp3) is 0.296. The van der Waals surface area contributed by atoms with Crippen molar-refractivity contribution in [1.29, 1.82) is 0 Å². The third-order valence-corrected chi connectivity index (χ3v) is 7.65. The van der Waals surface area contributed by atoms with Crippen molar-refractivity contribution < 1.29 is 5.11 Å². The average Bonchev–Trinajstić information content (AvgIpc) is 3.47. The first kappa shape index (κ1) is 22.0. The minimum Gasteiger partial charge on any atom is -0.393 e. The number of anilines is 3. The monoisotopic (exact) mass is 484 g/mol. The van der Waals surface area contributed by atoms with E-state index in [1.807, 2.05) is 24.4 Å². The number of aryl methyl sites for hydroxylation is 1. The Morgan fingerprint density at radius 1 is 0.971 bits per heavy atom. The predicted molar refractivity (Wildman–Crippen MR) is 143 cm³/mol. The van der Waals surface area contributed by atoms with Gasteiger partial charge in [-0.25, -0.2) is 9.97 Å². The molecule has 0 aliphatic heterocycles. The number of thiazole rings is 1. The lowest BCUT2D eigenvalue weighted by atomic mass is 9.93. The molecule has 35 heavy (non-hydrogen) atoms. The third-order valence-electron chi connectivity index (χ3n) is 6.71. The lowest BCUT2D eigenvalue weighted by molar-refractivity contribution is 0.126. The summed E-state index contributed by atoms with van der Waals surface area (Å²) in [6.07, 6.45) is 7.50. The molecule has 1 saturated carbocycles. The number of hydrogen-bond donors (Lipinski definition) is 3. The second kappa shape index (κ2) is 9.28. The maximum Gasteiger partial charge on any atom is 0.189 e. The topological polar surface area (TPSA) is 87.9 Å². The van der Waals surface area contributed by atoms with Crippen molar-refractivity contribution in [2.45, 2.75) is 51.3 Å². The summed E-state index contributed by atoms with van der Waals surface area (Å²) in [6.45, 7) is 3.07. The summed E-state index contributed by atoms with van der Waals surface area (Å²) in [5.74, 6) is 1.61. The number of rotatable bonds is 6. The van der Waals surface area contributed by atoms with E-state index in [1.54, 1.807) is 11.3 Å². The van der Waals surface area contributed by atoms with Crippen LogP contribution in [0.15, 0.2) is 60.9 Å². The Labute approximate surface area is 207 Å². The van der Waals surface area contributed by atoms with E-state index in [4.69, 9.17) is 9.97 Å². The highest BCUT2D eigenvalue weighted by atomic mass is 32.1. The van der Waals surface area contributed by atoms with Crippen molar-refractivity contribution in [1.82, 2.24) is 19.5 Å². The summed E-state index contributed by atoms with van der Waals surface area (Å²) in [5.41, 5.74) is 5.37. The first-order chi connectivity index (χ1) is 17.1. The number of aliphatic hydroxyl groups is 1. The van der Waals surface area contributed by atoms with Gasteiger partial charge in [-0.2, -0.15) is 0 Å². The van der Waals surface area contributed by atoms with Crippen molar-refractivity contribution in [3.05, 3.63) is 60.9 Å². The number of pyridine rings is 2. The molecule has 0 radical (unpaired) electrons. The highest BCUT2D eigenvalue weighted by molar-refractivity contribution is 7.22. The molecule has 1 aliphatic rings. The molecular weight excluding hydrogens is 456 g/mol. The lowest BCUT2D eigenvalue weighted by Gasteiger charge is -2.26. The minimum atomic E-state index is -0.157. The van der Waals surface area contributed by atoms with E-state index in [2.05, 4.69) is 63.6 Å². The number of hydrogen-bond acceptors (Lipinski definition) is 7. The van der Waals surface area contributed by atoms with Gasteiger partial charge < -0.3 is 20.3 Å². The van der Waals surface area contributed by atoms with E-state index >= 15 is 0 Å². The van der Waals surface area contributed by atoms with E-state index in [-0.39, 0.29) is 6.10 Å². The molecule has 1 aromatic carbocycles. The summed E-state index contributed by atoms with van der Waals surface area (Å²) < 4.78 is 3.33. The third kappa shape index (κ3) is 4.59. The molecule has 6 rings (SSSR count). The molecule has 4 aromatic heterocycles. The Bertz CT molecular complexity index is 1480. The second-order valence-corrected chi connectivity index (χ2v) is 10.1. The molecule has 0 saturated heterocycles. The first-order valence-electron chi connectivity index (χ1n) is 12.2. The van der Waals surface area contributed by atoms with Crippen LogP contribution in [0.4, 0.5) is 16.8 Å². The minimum absolute atomic E-state index is 0.157. The Morgan fingerprint density at radius 2 is 1.83 bits per heavy atom. The van der Waals surface area contributed by atoms with Crippen LogP contribution in [-0.2, 0) is 6.54 Å². The molecule has 5 aromatic rings. The SMILES string of the molecule is CCn1ccc2ncc(-c3ccc4nc(Nc5cccc(NC6CCC(O)CC6)n5)sc4c3)cc21. The fourth-order valence-electron chi connectivity index (χ4n) is 4.78. The van der Waals surface area contributed by atoms with Gasteiger partial charge in [-0.3, -0.25) is 4.98 Å². The van der Waals surface area contributed by atoms with E-state index in [0.29, 0.717) is 6.04 Å². The molecule has 1 fully saturated rings.